The van der Waals surface area contributed by atoms with Gasteiger partial charge in [0.1, 0.15) is 12.3 Å². The molecule has 0 spiro atoms. The molecule has 4 rings (SSSR count). The largest absolute Gasteiger partial charge is 0.482 e. The number of anilines is 1. The molecule has 0 saturated carbocycles. The van der Waals surface area contributed by atoms with Gasteiger partial charge in [0, 0.05) is 57.4 Å². The standard InChI is InChI=1S/C19H26ClN5O5S/c1-21-4-8-23(9-5-21)31(28,29)24-10-6-22(7-11-24)18(26)13-25-16-12-15(20)2-3-17(16)30-14-19(25)27/h2-3,12H,4-11,13-14H2,1H3. The molecule has 170 valence electrons. The average Bonchev–Trinajstić information content (AvgIpc) is 2.76. The molecule has 0 aliphatic carbocycles. The molecule has 31 heavy (non-hydrogen) atoms. The highest BCUT2D eigenvalue weighted by atomic mass is 35.5. The topological polar surface area (TPSA) is 93.7 Å². The third-order valence-electron chi connectivity index (χ3n) is 5.86. The molecule has 0 aromatic heterocycles. The molecule has 2 amide bonds. The van der Waals surface area contributed by atoms with Crippen LogP contribution in [0.25, 0.3) is 0 Å². The van der Waals surface area contributed by atoms with Gasteiger partial charge in [0.25, 0.3) is 16.1 Å². The zero-order valence-electron chi connectivity index (χ0n) is 17.4. The lowest BCUT2D eigenvalue weighted by Gasteiger charge is -2.39. The fourth-order valence-electron chi connectivity index (χ4n) is 3.93. The highest BCUT2D eigenvalue weighted by molar-refractivity contribution is 7.86. The molecule has 3 aliphatic heterocycles. The van der Waals surface area contributed by atoms with Crippen LogP contribution >= 0.6 is 11.6 Å². The highest BCUT2D eigenvalue weighted by Gasteiger charge is 2.36. The van der Waals surface area contributed by atoms with E-state index in [0.29, 0.717) is 42.6 Å². The van der Waals surface area contributed by atoms with E-state index in [2.05, 4.69) is 4.90 Å². The second kappa shape index (κ2) is 8.91. The SMILES string of the molecule is CN1CCN(S(=O)(=O)N2CCN(C(=O)CN3C(=O)COc4ccc(Cl)cc43)CC2)CC1. The van der Waals surface area contributed by atoms with E-state index < -0.39 is 10.2 Å². The first kappa shape index (κ1) is 22.3. The molecule has 0 atom stereocenters. The Hall–Kier alpha value is -1.92. The van der Waals surface area contributed by atoms with E-state index in [-0.39, 0.29) is 51.1 Å². The van der Waals surface area contributed by atoms with Crippen LogP contribution in [0.3, 0.4) is 0 Å². The maximum Gasteiger partial charge on any atom is 0.282 e. The van der Waals surface area contributed by atoms with Gasteiger partial charge in [-0.25, -0.2) is 0 Å². The molecule has 0 unspecified atom stereocenters. The quantitative estimate of drug-likeness (QED) is 0.598. The molecule has 3 heterocycles. The van der Waals surface area contributed by atoms with Crippen molar-refractivity contribution in [1.82, 2.24) is 18.4 Å². The van der Waals surface area contributed by atoms with E-state index >= 15 is 0 Å². The molecular formula is C19H26ClN5O5S. The lowest BCUT2D eigenvalue weighted by Crippen LogP contribution is -2.58. The third kappa shape index (κ3) is 4.65. The molecule has 2 saturated heterocycles. The van der Waals surface area contributed by atoms with Gasteiger partial charge in [0.05, 0.1) is 5.69 Å². The van der Waals surface area contributed by atoms with Gasteiger partial charge in [0.2, 0.25) is 5.91 Å². The molecule has 3 aliphatic rings. The summed E-state index contributed by atoms with van der Waals surface area (Å²) < 4.78 is 34.2. The van der Waals surface area contributed by atoms with E-state index in [1.54, 1.807) is 23.1 Å². The molecule has 1 aromatic carbocycles. The first-order valence-electron chi connectivity index (χ1n) is 10.2. The van der Waals surface area contributed by atoms with Crippen LogP contribution < -0.4 is 9.64 Å². The second-order valence-electron chi connectivity index (χ2n) is 7.87. The summed E-state index contributed by atoms with van der Waals surface area (Å²) in [6.07, 6.45) is 0. The lowest BCUT2D eigenvalue weighted by molar-refractivity contribution is -0.133. The van der Waals surface area contributed by atoms with Crippen molar-refractivity contribution >= 4 is 39.3 Å². The summed E-state index contributed by atoms with van der Waals surface area (Å²) in [6, 6.07) is 4.93. The minimum atomic E-state index is -3.53. The number of carbonyl (C=O) groups excluding carboxylic acids is 2. The van der Waals surface area contributed by atoms with Gasteiger partial charge < -0.3 is 14.5 Å². The van der Waals surface area contributed by atoms with Crippen LogP contribution in [0.5, 0.6) is 5.75 Å². The van der Waals surface area contributed by atoms with E-state index in [0.717, 1.165) is 0 Å². The van der Waals surface area contributed by atoms with E-state index in [1.165, 1.54) is 13.5 Å². The molecular weight excluding hydrogens is 446 g/mol. The molecule has 0 radical (unpaired) electrons. The number of piperazine rings is 2. The second-order valence-corrected chi connectivity index (χ2v) is 10.2. The van der Waals surface area contributed by atoms with Crippen LogP contribution in [-0.4, -0.2) is 111 Å². The minimum absolute atomic E-state index is 0.138. The van der Waals surface area contributed by atoms with Crippen LogP contribution in [0.2, 0.25) is 5.02 Å². The molecule has 0 bridgehead atoms. The number of hydrogen-bond donors (Lipinski definition) is 0. The zero-order chi connectivity index (χ0) is 22.2. The van der Waals surface area contributed by atoms with E-state index in [9.17, 15) is 18.0 Å². The number of ether oxygens (including phenoxy) is 1. The number of amides is 2. The Balaban J connectivity index is 1.37. The maximum absolute atomic E-state index is 12.9. The number of halogens is 1. The molecule has 2 fully saturated rings. The van der Waals surface area contributed by atoms with Crippen molar-refractivity contribution < 1.29 is 22.7 Å². The maximum atomic E-state index is 12.9. The van der Waals surface area contributed by atoms with Gasteiger partial charge in [-0.1, -0.05) is 11.6 Å². The lowest BCUT2D eigenvalue weighted by atomic mass is 10.2. The summed E-state index contributed by atoms with van der Waals surface area (Å²) in [6.45, 7) is 3.12. The van der Waals surface area contributed by atoms with Crippen molar-refractivity contribution in [3.05, 3.63) is 23.2 Å². The van der Waals surface area contributed by atoms with Crippen LogP contribution in [0.4, 0.5) is 5.69 Å². The van der Waals surface area contributed by atoms with Crippen LogP contribution in [0, 0.1) is 0 Å². The first-order chi connectivity index (χ1) is 14.8. The minimum Gasteiger partial charge on any atom is -0.482 e. The number of hydrogen-bond acceptors (Lipinski definition) is 6. The molecule has 12 heteroatoms. The molecule has 1 aromatic rings. The van der Waals surface area contributed by atoms with E-state index in [1.807, 2.05) is 7.05 Å². The van der Waals surface area contributed by atoms with Crippen molar-refractivity contribution in [1.29, 1.82) is 0 Å². The smallest absolute Gasteiger partial charge is 0.282 e. The predicted molar refractivity (Wildman–Crippen MR) is 115 cm³/mol. The number of carbonyl (C=O) groups is 2. The zero-order valence-corrected chi connectivity index (χ0v) is 18.9. The Morgan fingerprint density at radius 1 is 1.03 bits per heavy atom. The highest BCUT2D eigenvalue weighted by Crippen LogP contribution is 2.34. The van der Waals surface area contributed by atoms with Crippen molar-refractivity contribution in [3.63, 3.8) is 0 Å². The number of nitrogens with zero attached hydrogens (tertiary/aromatic N) is 5. The summed E-state index contributed by atoms with van der Waals surface area (Å²) in [7, 11) is -1.56. The first-order valence-corrected chi connectivity index (χ1v) is 12.0. The van der Waals surface area contributed by atoms with Crippen LogP contribution in [0.1, 0.15) is 0 Å². The summed E-state index contributed by atoms with van der Waals surface area (Å²) in [5.41, 5.74) is 0.466. The van der Waals surface area contributed by atoms with Crippen molar-refractivity contribution in [2.24, 2.45) is 0 Å². The van der Waals surface area contributed by atoms with Gasteiger partial charge in [0.15, 0.2) is 6.61 Å². The fourth-order valence-corrected chi connectivity index (χ4v) is 5.68. The van der Waals surface area contributed by atoms with Crippen LogP contribution in [-0.2, 0) is 19.8 Å². The molecule has 0 N–H and O–H groups in total. The number of rotatable bonds is 4. The number of fused-ring (bicyclic) bond motifs is 1. The third-order valence-corrected chi connectivity index (χ3v) is 8.13. The normalized spacial score (nSPS) is 21.7. The molecule has 10 nitrogen and oxygen atoms in total. The van der Waals surface area contributed by atoms with E-state index in [4.69, 9.17) is 16.3 Å². The summed E-state index contributed by atoms with van der Waals surface area (Å²) in [4.78, 5) is 30.3. The Morgan fingerprint density at radius 3 is 2.29 bits per heavy atom. The van der Waals surface area contributed by atoms with Gasteiger partial charge in [-0.15, -0.1) is 0 Å². The van der Waals surface area contributed by atoms with Gasteiger partial charge >= 0.3 is 0 Å². The van der Waals surface area contributed by atoms with Gasteiger partial charge in [-0.05, 0) is 25.2 Å². The van der Waals surface area contributed by atoms with Crippen molar-refractivity contribution in [3.8, 4) is 5.75 Å². The predicted octanol–water partition coefficient (Wildman–Crippen LogP) is -0.298. The summed E-state index contributed by atoms with van der Waals surface area (Å²) in [5, 5.41) is 0.442. The fraction of sp³-hybridized carbons (Fsp3) is 0.579. The Labute approximate surface area is 187 Å². The van der Waals surface area contributed by atoms with Gasteiger partial charge in [-0.2, -0.15) is 17.0 Å². The Morgan fingerprint density at radius 2 is 1.65 bits per heavy atom. The summed E-state index contributed by atoms with van der Waals surface area (Å²) in [5.74, 6) is -0.0582. The Kier molecular flexibility index (Phi) is 6.40. The average molecular weight is 472 g/mol. The Bertz CT molecular complexity index is 958. The monoisotopic (exact) mass is 471 g/mol. The number of likely N-dealkylation sites (N-methyl/N-ethyl adjacent to an activating group) is 1. The van der Waals surface area contributed by atoms with Crippen molar-refractivity contribution in [2.75, 3.05) is 77.5 Å². The summed E-state index contributed by atoms with van der Waals surface area (Å²) >= 11 is 6.05. The van der Waals surface area contributed by atoms with Gasteiger partial charge in [-0.3, -0.25) is 14.5 Å². The van der Waals surface area contributed by atoms with Crippen LogP contribution in [0.15, 0.2) is 18.2 Å². The van der Waals surface area contributed by atoms with Crippen molar-refractivity contribution in [2.45, 2.75) is 0 Å². The number of benzene rings is 1.